The normalized spacial score (nSPS) is 11.3. The molecule has 84 heavy (non-hydrogen) atoms. The van der Waals surface area contributed by atoms with Gasteiger partial charge in [0.25, 0.3) is 0 Å². The number of anilines is 12. The zero-order chi connectivity index (χ0) is 56.7. The van der Waals surface area contributed by atoms with Crippen molar-refractivity contribution in [3.63, 3.8) is 0 Å². The van der Waals surface area contributed by atoms with Gasteiger partial charge in [-0.3, -0.25) is 0 Å². The van der Waals surface area contributed by atoms with Crippen LogP contribution >= 0.6 is 0 Å². The van der Waals surface area contributed by atoms with E-state index in [0.717, 1.165) is 99.7 Å². The number of rotatable bonds is 13. The summed E-state index contributed by atoms with van der Waals surface area (Å²) in [5.41, 5.74) is 10.6. The SMILES string of the molecule is Fc1ccc(N(c2cc(-c3cc(N(c4ccc(F)cc4)c4ccc5ccccc5c4)cc(N(c4ccc(F)cc4)c4ccc5ccccc5c4)c3)cc(N(c3ccc(F)cc3)c3ccc4ccccc4c3)c2)c2ccc3ccccc3c2)cc1. The molecule has 14 rings (SSSR count). The molecular weight excluding hydrogens is 1040 g/mol. The summed E-state index contributed by atoms with van der Waals surface area (Å²) in [4.78, 5) is 8.53. The first kappa shape index (κ1) is 51.2. The molecule has 0 amide bonds. The van der Waals surface area contributed by atoms with Gasteiger partial charge >= 0.3 is 0 Å². The number of fused-ring (bicyclic) bond motifs is 4. The van der Waals surface area contributed by atoms with Crippen molar-refractivity contribution in [1.82, 2.24) is 0 Å². The van der Waals surface area contributed by atoms with Crippen LogP contribution in [0.2, 0.25) is 0 Å². The van der Waals surface area contributed by atoms with Crippen molar-refractivity contribution in [3.05, 3.63) is 327 Å². The minimum atomic E-state index is -0.371. The molecule has 0 saturated heterocycles. The Balaban J connectivity index is 1.09. The molecule has 14 aromatic carbocycles. The number of hydrogen-bond acceptors (Lipinski definition) is 4. The van der Waals surface area contributed by atoms with Crippen molar-refractivity contribution in [2.45, 2.75) is 0 Å². The van der Waals surface area contributed by atoms with Gasteiger partial charge in [-0.15, -0.1) is 0 Å². The summed E-state index contributed by atoms with van der Waals surface area (Å²) in [5.74, 6) is -1.49. The third kappa shape index (κ3) is 10.2. The molecule has 0 saturated carbocycles. The van der Waals surface area contributed by atoms with E-state index in [9.17, 15) is 0 Å². The molecule has 0 heterocycles. The molecule has 0 aliphatic carbocycles. The highest BCUT2D eigenvalue weighted by Gasteiger charge is 2.24. The zero-order valence-electron chi connectivity index (χ0n) is 45.2. The molecule has 0 bridgehead atoms. The van der Waals surface area contributed by atoms with Crippen LogP contribution in [0.4, 0.5) is 85.8 Å². The summed E-state index contributed by atoms with van der Waals surface area (Å²) in [6.07, 6.45) is 0. The van der Waals surface area contributed by atoms with Crippen molar-refractivity contribution in [2.24, 2.45) is 0 Å². The summed E-state index contributed by atoms with van der Waals surface area (Å²) >= 11 is 0. The third-order valence-electron chi connectivity index (χ3n) is 15.5. The van der Waals surface area contributed by atoms with Gasteiger partial charge in [0.05, 0.1) is 0 Å². The maximum absolute atomic E-state index is 15.1. The standard InChI is InChI=1S/C76H50F4N4/c77-61-21-33-65(34-22-61)81(69-29-17-51-9-1-5-13-55(51)41-69)73-45-59(46-74(49-73)82(66-35-23-62(78)24-36-66)70-30-18-52-10-2-6-14-56(52)42-70)60-47-75(83(67-37-25-63(79)26-38-67)71-31-19-53-11-3-7-15-57(53)43-71)50-76(48-60)84(68-39-27-64(80)28-40-68)72-32-20-54-12-4-8-16-58(54)44-72/h1-50H. The number of halogens is 4. The Morgan fingerprint density at radius 2 is 0.345 bits per heavy atom. The Morgan fingerprint density at radius 1 is 0.155 bits per heavy atom. The molecule has 402 valence electrons. The largest absolute Gasteiger partial charge is 0.310 e. The van der Waals surface area contributed by atoms with Gasteiger partial charge in [0.2, 0.25) is 0 Å². The van der Waals surface area contributed by atoms with Crippen LogP contribution in [0.5, 0.6) is 0 Å². The fourth-order valence-electron chi connectivity index (χ4n) is 11.5. The van der Waals surface area contributed by atoms with Crippen molar-refractivity contribution in [3.8, 4) is 11.1 Å². The van der Waals surface area contributed by atoms with E-state index in [1.54, 1.807) is 48.5 Å². The second-order valence-corrected chi connectivity index (χ2v) is 20.8. The van der Waals surface area contributed by atoms with Crippen LogP contribution in [0.25, 0.3) is 54.2 Å². The first-order chi connectivity index (χ1) is 41.2. The number of hydrogen-bond donors (Lipinski definition) is 0. The Kier molecular flexibility index (Phi) is 13.3. The van der Waals surface area contributed by atoms with Crippen LogP contribution in [-0.4, -0.2) is 0 Å². The van der Waals surface area contributed by atoms with Gasteiger partial charge in [0.15, 0.2) is 0 Å². The van der Waals surface area contributed by atoms with Gasteiger partial charge in [-0.05, 0) is 236 Å². The van der Waals surface area contributed by atoms with Gasteiger partial charge in [0.1, 0.15) is 23.3 Å². The molecule has 0 fully saturated rings. The average molecular weight is 1100 g/mol. The topological polar surface area (TPSA) is 13.0 Å². The van der Waals surface area contributed by atoms with E-state index in [-0.39, 0.29) is 23.3 Å². The van der Waals surface area contributed by atoms with E-state index in [4.69, 9.17) is 0 Å². The zero-order valence-corrected chi connectivity index (χ0v) is 45.2. The molecule has 0 radical (unpaired) electrons. The van der Waals surface area contributed by atoms with Crippen molar-refractivity contribution >= 4 is 111 Å². The van der Waals surface area contributed by atoms with Gasteiger partial charge < -0.3 is 19.6 Å². The molecule has 0 atom stereocenters. The van der Waals surface area contributed by atoms with E-state index >= 15 is 17.6 Å². The van der Waals surface area contributed by atoms with Gasteiger partial charge in [0, 0.05) is 68.2 Å². The first-order valence-electron chi connectivity index (χ1n) is 27.7. The molecule has 4 nitrogen and oxygen atoms in total. The summed E-state index contributed by atoms with van der Waals surface area (Å²) in [6.45, 7) is 0. The van der Waals surface area contributed by atoms with E-state index in [1.165, 1.54) is 48.5 Å². The van der Waals surface area contributed by atoms with Gasteiger partial charge in [-0.25, -0.2) is 17.6 Å². The monoisotopic (exact) mass is 1090 g/mol. The van der Waals surface area contributed by atoms with Crippen LogP contribution in [-0.2, 0) is 0 Å². The van der Waals surface area contributed by atoms with Crippen LogP contribution in [0, 0.1) is 23.3 Å². The molecule has 0 N–H and O–H groups in total. The van der Waals surface area contributed by atoms with E-state index in [0.29, 0.717) is 22.7 Å². The molecule has 0 unspecified atom stereocenters. The van der Waals surface area contributed by atoms with Gasteiger partial charge in [-0.1, -0.05) is 121 Å². The minimum Gasteiger partial charge on any atom is -0.310 e. The summed E-state index contributed by atoms with van der Waals surface area (Å²) < 4.78 is 60.5. The lowest BCUT2D eigenvalue weighted by Crippen LogP contribution is -2.15. The highest BCUT2D eigenvalue weighted by atomic mass is 19.1. The third-order valence-corrected chi connectivity index (χ3v) is 15.5. The van der Waals surface area contributed by atoms with Crippen molar-refractivity contribution in [2.75, 3.05) is 19.6 Å². The molecule has 0 aliphatic rings. The smallest absolute Gasteiger partial charge is 0.123 e. The van der Waals surface area contributed by atoms with E-state index in [1.807, 2.05) is 48.5 Å². The van der Waals surface area contributed by atoms with Crippen molar-refractivity contribution < 1.29 is 17.6 Å². The fourth-order valence-corrected chi connectivity index (χ4v) is 11.5. The Morgan fingerprint density at radius 3 is 0.560 bits per heavy atom. The second kappa shape index (κ2) is 21.8. The lowest BCUT2D eigenvalue weighted by atomic mass is 9.98. The summed E-state index contributed by atoms with van der Waals surface area (Å²) in [6, 6.07) is 96.8. The molecule has 0 spiro atoms. The molecule has 0 aliphatic heterocycles. The highest BCUT2D eigenvalue weighted by molar-refractivity contribution is 5.97. The lowest BCUT2D eigenvalue weighted by molar-refractivity contribution is 0.627. The molecule has 14 aromatic rings. The quantitative estimate of drug-likeness (QED) is 0.107. The van der Waals surface area contributed by atoms with Crippen LogP contribution in [0.1, 0.15) is 0 Å². The Hall–Kier alpha value is -11.0. The first-order valence-corrected chi connectivity index (χ1v) is 27.7. The van der Waals surface area contributed by atoms with E-state index < -0.39 is 0 Å². The average Bonchev–Trinajstić information content (AvgIpc) is 3.72. The maximum Gasteiger partial charge on any atom is 0.123 e. The van der Waals surface area contributed by atoms with E-state index in [2.05, 4.69) is 177 Å². The molecular formula is C76H50F4N4. The number of benzene rings is 14. The minimum absolute atomic E-state index is 0.371. The molecule has 8 heteroatoms. The van der Waals surface area contributed by atoms with Gasteiger partial charge in [-0.2, -0.15) is 0 Å². The highest BCUT2D eigenvalue weighted by Crippen LogP contribution is 2.48. The lowest BCUT2D eigenvalue weighted by Gasteiger charge is -2.32. The predicted octanol–water partition coefficient (Wildman–Crippen LogP) is 22.4. The summed E-state index contributed by atoms with van der Waals surface area (Å²) in [5, 5.41) is 8.32. The van der Waals surface area contributed by atoms with Crippen LogP contribution in [0.15, 0.2) is 303 Å². The van der Waals surface area contributed by atoms with Crippen molar-refractivity contribution in [1.29, 1.82) is 0 Å². The van der Waals surface area contributed by atoms with Crippen LogP contribution in [0.3, 0.4) is 0 Å². The Bertz CT molecular complexity index is 4140. The maximum atomic E-state index is 15.1. The number of nitrogens with zero attached hydrogens (tertiary/aromatic N) is 4. The Labute approximate surface area is 483 Å². The fraction of sp³-hybridized carbons (Fsp3) is 0. The van der Waals surface area contributed by atoms with Crippen LogP contribution < -0.4 is 19.6 Å². The molecule has 0 aromatic heterocycles. The predicted molar refractivity (Wildman–Crippen MR) is 340 cm³/mol. The summed E-state index contributed by atoms with van der Waals surface area (Å²) in [7, 11) is 0. The second-order valence-electron chi connectivity index (χ2n) is 20.8.